The predicted molar refractivity (Wildman–Crippen MR) is 53.7 cm³/mol. The maximum Gasteiger partial charge on any atom is 0.407 e. The number of rotatable bonds is 2. The predicted octanol–water partition coefficient (Wildman–Crippen LogP) is 3.02. The molecule has 0 heterocycles. The molecule has 0 saturated heterocycles. The van der Waals surface area contributed by atoms with Gasteiger partial charge in [-0.25, -0.2) is 0 Å². The van der Waals surface area contributed by atoms with Crippen LogP contribution in [0.1, 0.15) is 11.6 Å². The Morgan fingerprint density at radius 2 is 1.93 bits per heavy atom. The third-order valence-corrected chi connectivity index (χ3v) is 2.30. The van der Waals surface area contributed by atoms with E-state index in [9.17, 15) is 13.2 Å². The van der Waals surface area contributed by atoms with Crippen LogP contribution in [-0.4, -0.2) is 13.3 Å². The molecule has 0 aromatic heterocycles. The van der Waals surface area contributed by atoms with Gasteiger partial charge in [0, 0.05) is 4.47 Å². The SMILES string of the molecule is COc1cc(Br)cc([C@@H](N)C(F)(F)F)c1. The van der Waals surface area contributed by atoms with Crippen LogP contribution in [0.3, 0.4) is 0 Å². The van der Waals surface area contributed by atoms with E-state index in [2.05, 4.69) is 15.9 Å². The Hall–Kier alpha value is -0.750. The summed E-state index contributed by atoms with van der Waals surface area (Å²) in [4.78, 5) is 0. The minimum atomic E-state index is -4.45. The molecule has 0 bridgehead atoms. The zero-order valence-corrected chi connectivity index (χ0v) is 9.39. The summed E-state index contributed by atoms with van der Waals surface area (Å²) in [5.74, 6) is 0.332. The third-order valence-electron chi connectivity index (χ3n) is 1.84. The average molecular weight is 284 g/mol. The van der Waals surface area contributed by atoms with Gasteiger partial charge >= 0.3 is 6.18 Å². The van der Waals surface area contributed by atoms with E-state index in [1.165, 1.54) is 19.2 Å². The fraction of sp³-hybridized carbons (Fsp3) is 0.333. The molecule has 1 atom stereocenters. The van der Waals surface area contributed by atoms with Crippen molar-refractivity contribution in [3.8, 4) is 5.75 Å². The maximum absolute atomic E-state index is 12.3. The molecule has 1 rings (SSSR count). The lowest BCUT2D eigenvalue weighted by atomic mass is 10.1. The standard InChI is InChI=1S/C9H9BrF3NO/c1-15-7-3-5(2-6(10)4-7)8(14)9(11,12)13/h2-4,8H,14H2,1H3/t8-/m1/s1. The summed E-state index contributed by atoms with van der Waals surface area (Å²) >= 11 is 3.09. The van der Waals surface area contributed by atoms with Crippen LogP contribution in [0, 0.1) is 0 Å². The minimum Gasteiger partial charge on any atom is -0.497 e. The van der Waals surface area contributed by atoms with Crippen molar-refractivity contribution in [1.82, 2.24) is 0 Å². The Kier molecular flexibility index (Phi) is 3.62. The summed E-state index contributed by atoms with van der Waals surface area (Å²) in [6.07, 6.45) is -4.45. The molecule has 2 nitrogen and oxygen atoms in total. The van der Waals surface area contributed by atoms with Gasteiger partial charge in [0.2, 0.25) is 0 Å². The molecule has 2 N–H and O–H groups in total. The van der Waals surface area contributed by atoms with Gasteiger partial charge in [-0.2, -0.15) is 13.2 Å². The van der Waals surface area contributed by atoms with Crippen LogP contribution in [0.5, 0.6) is 5.75 Å². The highest BCUT2D eigenvalue weighted by Gasteiger charge is 2.38. The summed E-state index contributed by atoms with van der Waals surface area (Å²) in [6.45, 7) is 0. The summed E-state index contributed by atoms with van der Waals surface area (Å²) in [5.41, 5.74) is 5.03. The van der Waals surface area contributed by atoms with Crippen molar-refractivity contribution >= 4 is 15.9 Å². The first-order chi connectivity index (χ1) is 6.84. The van der Waals surface area contributed by atoms with Gasteiger partial charge in [0.1, 0.15) is 11.8 Å². The smallest absolute Gasteiger partial charge is 0.407 e. The molecule has 0 saturated carbocycles. The van der Waals surface area contributed by atoms with Crippen molar-refractivity contribution < 1.29 is 17.9 Å². The molecule has 1 aromatic carbocycles. The van der Waals surface area contributed by atoms with Gasteiger partial charge in [0.25, 0.3) is 0 Å². The lowest BCUT2D eigenvalue weighted by Gasteiger charge is -2.16. The van der Waals surface area contributed by atoms with Crippen molar-refractivity contribution in [1.29, 1.82) is 0 Å². The Labute approximate surface area is 93.3 Å². The molecule has 0 fully saturated rings. The molecule has 15 heavy (non-hydrogen) atoms. The van der Waals surface area contributed by atoms with E-state index in [0.29, 0.717) is 10.2 Å². The number of hydrogen-bond acceptors (Lipinski definition) is 2. The number of ether oxygens (including phenoxy) is 1. The number of methoxy groups -OCH3 is 1. The minimum absolute atomic E-state index is 0.0336. The van der Waals surface area contributed by atoms with Gasteiger partial charge in [-0.05, 0) is 23.8 Å². The summed E-state index contributed by atoms with van der Waals surface area (Å²) in [5, 5.41) is 0. The van der Waals surface area contributed by atoms with Crippen LogP contribution >= 0.6 is 15.9 Å². The molecule has 6 heteroatoms. The molecule has 0 amide bonds. The second kappa shape index (κ2) is 4.40. The van der Waals surface area contributed by atoms with Crippen LogP contribution < -0.4 is 10.5 Å². The van der Waals surface area contributed by atoms with Gasteiger partial charge in [-0.3, -0.25) is 0 Å². The highest BCUT2D eigenvalue weighted by atomic mass is 79.9. The van der Waals surface area contributed by atoms with E-state index in [1.54, 1.807) is 6.07 Å². The molecule has 0 aliphatic heterocycles. The van der Waals surface area contributed by atoms with Crippen LogP contribution in [0.15, 0.2) is 22.7 Å². The van der Waals surface area contributed by atoms with E-state index >= 15 is 0 Å². The maximum atomic E-state index is 12.3. The molecule has 0 radical (unpaired) electrons. The largest absolute Gasteiger partial charge is 0.497 e. The Morgan fingerprint density at radius 1 is 1.33 bits per heavy atom. The fourth-order valence-electron chi connectivity index (χ4n) is 1.07. The number of benzene rings is 1. The number of alkyl halides is 3. The fourth-order valence-corrected chi connectivity index (χ4v) is 1.56. The van der Waals surface area contributed by atoms with Gasteiger partial charge < -0.3 is 10.5 Å². The van der Waals surface area contributed by atoms with Crippen molar-refractivity contribution in [3.63, 3.8) is 0 Å². The quantitative estimate of drug-likeness (QED) is 0.906. The molecule has 0 unspecified atom stereocenters. The summed E-state index contributed by atoms with van der Waals surface area (Å²) < 4.78 is 42.3. The molecule has 0 aliphatic rings. The van der Waals surface area contributed by atoms with Crippen molar-refractivity contribution in [2.75, 3.05) is 7.11 Å². The third kappa shape index (κ3) is 3.10. The van der Waals surface area contributed by atoms with Crippen molar-refractivity contribution in [3.05, 3.63) is 28.2 Å². The molecule has 1 aromatic rings. The first-order valence-electron chi connectivity index (χ1n) is 4.01. The Bertz CT molecular complexity index is 354. The van der Waals surface area contributed by atoms with Crippen LogP contribution in [0.4, 0.5) is 13.2 Å². The van der Waals surface area contributed by atoms with Crippen molar-refractivity contribution in [2.45, 2.75) is 12.2 Å². The summed E-state index contributed by atoms with van der Waals surface area (Å²) in [7, 11) is 1.38. The lowest BCUT2D eigenvalue weighted by Crippen LogP contribution is -2.28. The molecule has 0 aliphatic carbocycles. The van der Waals surface area contributed by atoms with Gasteiger partial charge in [-0.15, -0.1) is 0 Å². The number of nitrogens with two attached hydrogens (primary N) is 1. The first kappa shape index (κ1) is 12.3. The van der Waals surface area contributed by atoms with E-state index < -0.39 is 12.2 Å². The van der Waals surface area contributed by atoms with Crippen LogP contribution in [0.2, 0.25) is 0 Å². The van der Waals surface area contributed by atoms with Crippen molar-refractivity contribution in [2.24, 2.45) is 5.73 Å². The van der Waals surface area contributed by atoms with Gasteiger partial charge in [0.05, 0.1) is 7.11 Å². The van der Waals surface area contributed by atoms with E-state index in [0.717, 1.165) is 0 Å². The van der Waals surface area contributed by atoms with E-state index in [4.69, 9.17) is 10.5 Å². The Morgan fingerprint density at radius 3 is 2.40 bits per heavy atom. The second-order valence-corrected chi connectivity index (χ2v) is 3.86. The summed E-state index contributed by atoms with van der Waals surface area (Å²) in [6, 6.07) is 2.15. The number of halogens is 4. The second-order valence-electron chi connectivity index (χ2n) is 2.94. The van der Waals surface area contributed by atoms with Crippen LogP contribution in [0.25, 0.3) is 0 Å². The average Bonchev–Trinajstić information content (AvgIpc) is 2.14. The highest BCUT2D eigenvalue weighted by molar-refractivity contribution is 9.10. The van der Waals surface area contributed by atoms with Crippen LogP contribution in [-0.2, 0) is 0 Å². The normalized spacial score (nSPS) is 13.7. The zero-order chi connectivity index (χ0) is 11.6. The lowest BCUT2D eigenvalue weighted by molar-refractivity contribution is -0.149. The molecule has 0 spiro atoms. The first-order valence-corrected chi connectivity index (χ1v) is 4.80. The Balaban J connectivity index is 3.09. The van der Waals surface area contributed by atoms with E-state index in [1.807, 2.05) is 0 Å². The van der Waals surface area contributed by atoms with Gasteiger partial charge in [0.15, 0.2) is 0 Å². The molecular formula is C9H9BrF3NO. The number of hydrogen-bond donors (Lipinski definition) is 1. The monoisotopic (exact) mass is 283 g/mol. The molecule has 84 valence electrons. The zero-order valence-electron chi connectivity index (χ0n) is 7.81. The topological polar surface area (TPSA) is 35.2 Å². The molecular weight excluding hydrogens is 275 g/mol. The highest BCUT2D eigenvalue weighted by Crippen LogP contribution is 2.33. The van der Waals surface area contributed by atoms with Gasteiger partial charge in [-0.1, -0.05) is 15.9 Å². The van der Waals surface area contributed by atoms with E-state index in [-0.39, 0.29) is 5.56 Å².